The second-order valence-electron chi connectivity index (χ2n) is 6.69. The molecule has 0 saturated heterocycles. The first-order valence-corrected chi connectivity index (χ1v) is 8.82. The predicted molar refractivity (Wildman–Crippen MR) is 97.5 cm³/mol. The fourth-order valence-electron chi connectivity index (χ4n) is 3.48. The molecule has 3 aromatic rings. The van der Waals surface area contributed by atoms with Crippen LogP contribution >= 0.6 is 0 Å². The molecule has 0 radical (unpaired) electrons. The Morgan fingerprint density at radius 1 is 1.36 bits per heavy atom. The van der Waals surface area contributed by atoms with Crippen LogP contribution in [0.5, 0.6) is 0 Å². The molecule has 9 nitrogen and oxygen atoms in total. The summed E-state index contributed by atoms with van der Waals surface area (Å²) in [5, 5.41) is 11.1. The van der Waals surface area contributed by atoms with E-state index in [1.165, 1.54) is 7.11 Å². The molecule has 1 aliphatic carbocycles. The van der Waals surface area contributed by atoms with Crippen LogP contribution in [0.4, 0.5) is 0 Å². The number of esters is 1. The van der Waals surface area contributed by atoms with Crippen LogP contribution in [0.25, 0.3) is 11.4 Å². The molecule has 1 atom stereocenters. The van der Waals surface area contributed by atoms with Crippen LogP contribution in [0.15, 0.2) is 28.9 Å². The van der Waals surface area contributed by atoms with Crippen LogP contribution in [0.1, 0.15) is 50.3 Å². The Hall–Kier alpha value is -3.49. The zero-order chi connectivity index (χ0) is 19.8. The zero-order valence-corrected chi connectivity index (χ0v) is 15.7. The number of benzene rings is 1. The summed E-state index contributed by atoms with van der Waals surface area (Å²) in [5.74, 6) is -0.668. The molecule has 1 aliphatic rings. The molecule has 1 aromatic carbocycles. The van der Waals surface area contributed by atoms with Gasteiger partial charge in [-0.25, -0.2) is 4.79 Å². The average Bonchev–Trinajstić information content (AvgIpc) is 3.39. The summed E-state index contributed by atoms with van der Waals surface area (Å²) in [7, 11) is 3.04. The summed E-state index contributed by atoms with van der Waals surface area (Å²) in [6, 6.07) is 5.70. The molecule has 4 rings (SSSR count). The van der Waals surface area contributed by atoms with E-state index in [4.69, 9.17) is 4.52 Å². The Morgan fingerprint density at radius 2 is 2.18 bits per heavy atom. The minimum atomic E-state index is -0.673. The summed E-state index contributed by atoms with van der Waals surface area (Å²) < 4.78 is 11.1. The van der Waals surface area contributed by atoms with Gasteiger partial charge in [0.25, 0.3) is 5.91 Å². The second-order valence-corrected chi connectivity index (χ2v) is 6.69. The monoisotopic (exact) mass is 381 g/mol. The molecule has 1 N–H and O–H groups in total. The van der Waals surface area contributed by atoms with E-state index < -0.39 is 5.97 Å². The molecule has 1 unspecified atom stereocenters. The van der Waals surface area contributed by atoms with Gasteiger partial charge in [-0.1, -0.05) is 17.3 Å². The quantitative estimate of drug-likeness (QED) is 0.688. The van der Waals surface area contributed by atoms with Gasteiger partial charge in [0, 0.05) is 18.8 Å². The predicted octanol–water partition coefficient (Wildman–Crippen LogP) is 1.98. The molecule has 0 saturated carbocycles. The van der Waals surface area contributed by atoms with Crippen LogP contribution in [0.2, 0.25) is 0 Å². The molecule has 2 aromatic heterocycles. The summed E-state index contributed by atoms with van der Waals surface area (Å²) in [4.78, 5) is 28.1. The Bertz CT molecular complexity index is 1070. The van der Waals surface area contributed by atoms with Crippen molar-refractivity contribution in [3.63, 3.8) is 0 Å². The van der Waals surface area contributed by atoms with Gasteiger partial charge in [0.2, 0.25) is 5.82 Å². The third-order valence-electron chi connectivity index (χ3n) is 4.83. The Labute approximate surface area is 160 Å². The Morgan fingerprint density at radius 3 is 2.89 bits per heavy atom. The van der Waals surface area contributed by atoms with E-state index in [9.17, 15) is 9.59 Å². The summed E-state index contributed by atoms with van der Waals surface area (Å²) >= 11 is 0. The first-order chi connectivity index (χ1) is 13.5. The lowest BCUT2D eigenvalue weighted by Gasteiger charge is -2.14. The normalized spacial score (nSPS) is 15.3. The number of hydrogen-bond donors (Lipinski definition) is 1. The summed E-state index contributed by atoms with van der Waals surface area (Å²) in [6.45, 7) is 1.82. The number of nitrogens with zero attached hydrogens (tertiary/aromatic N) is 4. The number of nitrogens with one attached hydrogen (secondary N) is 1. The van der Waals surface area contributed by atoms with E-state index in [2.05, 4.69) is 25.3 Å². The van der Waals surface area contributed by atoms with Gasteiger partial charge in [-0.05, 0) is 37.0 Å². The lowest BCUT2D eigenvalue weighted by molar-refractivity contribution is 0.0545. The van der Waals surface area contributed by atoms with Crippen LogP contribution in [-0.4, -0.2) is 38.9 Å². The molecule has 0 bridgehead atoms. The number of fused-ring (bicyclic) bond motifs is 1. The first kappa shape index (κ1) is 17.9. The highest BCUT2D eigenvalue weighted by Crippen LogP contribution is 2.34. The lowest BCUT2D eigenvalue weighted by atomic mass is 10.0. The SMILES string of the molecule is COC(=O)c1nc(-c2ccc3c(c2)CCC3NC(=O)c2cn(C)nc2C)no1. The number of carbonyl (C=O) groups excluding carboxylic acids is 2. The van der Waals surface area contributed by atoms with Crippen molar-refractivity contribution < 1.29 is 18.8 Å². The largest absolute Gasteiger partial charge is 0.462 e. The van der Waals surface area contributed by atoms with Crippen molar-refractivity contribution in [2.24, 2.45) is 7.05 Å². The maximum absolute atomic E-state index is 12.6. The number of hydrogen-bond acceptors (Lipinski definition) is 7. The number of ether oxygens (including phenoxy) is 1. The third kappa shape index (κ3) is 3.15. The van der Waals surface area contributed by atoms with Gasteiger partial charge >= 0.3 is 11.9 Å². The van der Waals surface area contributed by atoms with Crippen LogP contribution < -0.4 is 5.32 Å². The third-order valence-corrected chi connectivity index (χ3v) is 4.83. The average molecular weight is 381 g/mol. The topological polar surface area (TPSA) is 112 Å². The maximum atomic E-state index is 12.6. The molecule has 9 heteroatoms. The van der Waals surface area contributed by atoms with Crippen LogP contribution in [-0.2, 0) is 18.2 Å². The van der Waals surface area contributed by atoms with Crippen molar-refractivity contribution in [2.45, 2.75) is 25.8 Å². The highest BCUT2D eigenvalue weighted by atomic mass is 16.6. The molecule has 144 valence electrons. The fraction of sp³-hybridized carbons (Fsp3) is 0.316. The van der Waals surface area contributed by atoms with Crippen molar-refractivity contribution in [3.05, 3.63) is 52.7 Å². The maximum Gasteiger partial charge on any atom is 0.397 e. The first-order valence-electron chi connectivity index (χ1n) is 8.82. The van der Waals surface area contributed by atoms with E-state index in [1.807, 2.05) is 25.1 Å². The molecule has 28 heavy (non-hydrogen) atoms. The van der Waals surface area contributed by atoms with Gasteiger partial charge in [-0.2, -0.15) is 10.1 Å². The summed E-state index contributed by atoms with van der Waals surface area (Å²) in [5.41, 5.74) is 4.19. The molecule has 2 heterocycles. The van der Waals surface area contributed by atoms with Crippen molar-refractivity contribution in [1.29, 1.82) is 0 Å². The van der Waals surface area contributed by atoms with Gasteiger partial charge in [0.15, 0.2) is 0 Å². The van der Waals surface area contributed by atoms with Gasteiger partial charge in [-0.3, -0.25) is 9.48 Å². The summed E-state index contributed by atoms with van der Waals surface area (Å²) in [6.07, 6.45) is 3.35. The van der Waals surface area contributed by atoms with E-state index in [0.29, 0.717) is 17.1 Å². The van der Waals surface area contributed by atoms with E-state index in [1.54, 1.807) is 17.9 Å². The van der Waals surface area contributed by atoms with Gasteiger partial charge in [0.1, 0.15) is 0 Å². The van der Waals surface area contributed by atoms with Crippen molar-refractivity contribution in [3.8, 4) is 11.4 Å². The van der Waals surface area contributed by atoms with E-state index in [0.717, 1.165) is 29.5 Å². The Balaban J connectivity index is 1.53. The molecular weight excluding hydrogens is 362 g/mol. The van der Waals surface area contributed by atoms with Gasteiger partial charge < -0.3 is 14.6 Å². The molecule has 0 spiro atoms. The van der Waals surface area contributed by atoms with E-state index in [-0.39, 0.29) is 17.8 Å². The molecule has 0 fully saturated rings. The zero-order valence-electron chi connectivity index (χ0n) is 15.7. The smallest absolute Gasteiger partial charge is 0.397 e. The van der Waals surface area contributed by atoms with E-state index >= 15 is 0 Å². The number of carbonyl (C=O) groups is 2. The van der Waals surface area contributed by atoms with Crippen LogP contribution in [0, 0.1) is 6.92 Å². The highest BCUT2D eigenvalue weighted by molar-refractivity contribution is 5.95. The molecule has 0 aliphatic heterocycles. The van der Waals surface area contributed by atoms with Crippen molar-refractivity contribution in [1.82, 2.24) is 25.2 Å². The number of rotatable bonds is 4. The number of amides is 1. The minimum Gasteiger partial charge on any atom is -0.462 e. The standard InChI is InChI=1S/C19H19N5O4/c1-10-14(9-24(2)22-10)17(25)20-15-7-5-11-8-12(4-6-13(11)15)16-21-18(28-23-16)19(26)27-3/h4,6,8-9,15H,5,7H2,1-3H3,(H,20,25). The number of aromatic nitrogens is 4. The second kappa shape index (κ2) is 6.91. The van der Waals surface area contributed by atoms with Crippen molar-refractivity contribution >= 4 is 11.9 Å². The fourth-order valence-corrected chi connectivity index (χ4v) is 3.48. The number of aryl methyl sites for hydroxylation is 3. The van der Waals surface area contributed by atoms with Crippen LogP contribution in [0.3, 0.4) is 0 Å². The number of methoxy groups -OCH3 is 1. The van der Waals surface area contributed by atoms with Gasteiger partial charge in [0.05, 0.1) is 24.4 Å². The Kier molecular flexibility index (Phi) is 4.42. The minimum absolute atomic E-state index is 0.0629. The van der Waals surface area contributed by atoms with Gasteiger partial charge in [-0.15, -0.1) is 0 Å². The lowest BCUT2D eigenvalue weighted by Crippen LogP contribution is -2.27. The van der Waals surface area contributed by atoms with Crippen molar-refractivity contribution in [2.75, 3.05) is 7.11 Å². The molecular formula is C19H19N5O4. The highest BCUT2D eigenvalue weighted by Gasteiger charge is 2.26. The molecule has 1 amide bonds.